The Kier molecular flexibility index (Phi) is 6.36. The number of fused-ring (bicyclic) bond motifs is 1. The van der Waals surface area contributed by atoms with Crippen LogP contribution in [-0.4, -0.2) is 28.5 Å². The summed E-state index contributed by atoms with van der Waals surface area (Å²) < 4.78 is 6.88. The van der Waals surface area contributed by atoms with Gasteiger partial charge in [-0.05, 0) is 62.6 Å². The van der Waals surface area contributed by atoms with Gasteiger partial charge in [0, 0.05) is 26.1 Å². The van der Waals surface area contributed by atoms with Gasteiger partial charge < -0.3 is 9.32 Å². The number of benzene rings is 2. The number of likely N-dealkylation sites (tertiary alicyclic amines) is 1. The van der Waals surface area contributed by atoms with Crippen molar-refractivity contribution in [1.29, 1.82) is 0 Å². The van der Waals surface area contributed by atoms with E-state index in [-0.39, 0.29) is 11.7 Å². The molecule has 30 heavy (non-hydrogen) atoms. The number of carbonyl (C=O) groups excluding carboxylic acids is 1. The third kappa shape index (κ3) is 4.84. The molecule has 1 saturated heterocycles. The molecular weight excluding hydrogens is 376 g/mol. The van der Waals surface area contributed by atoms with Crippen molar-refractivity contribution in [2.45, 2.75) is 52.0 Å². The summed E-state index contributed by atoms with van der Waals surface area (Å²) in [5, 5.41) is 0. The molecule has 1 amide bonds. The van der Waals surface area contributed by atoms with E-state index in [1.165, 1.54) is 17.5 Å². The van der Waals surface area contributed by atoms with Crippen molar-refractivity contribution in [2.75, 3.05) is 13.1 Å². The Morgan fingerprint density at radius 1 is 1.07 bits per heavy atom. The second kappa shape index (κ2) is 9.33. The van der Waals surface area contributed by atoms with E-state index in [1.54, 1.807) is 10.6 Å². The molecule has 1 aromatic heterocycles. The van der Waals surface area contributed by atoms with E-state index in [0.717, 1.165) is 37.9 Å². The predicted octanol–water partition coefficient (Wildman–Crippen LogP) is 4.55. The molecule has 5 nitrogen and oxygen atoms in total. The van der Waals surface area contributed by atoms with Gasteiger partial charge in [0.1, 0.15) is 0 Å². The SMILES string of the molecule is Cc1ccc(CCC2CCN(C(=O)CCCn3c(=O)oc4ccccc43)CC2)cc1. The van der Waals surface area contributed by atoms with Crippen molar-refractivity contribution in [3.05, 3.63) is 70.2 Å². The zero-order chi connectivity index (χ0) is 20.9. The van der Waals surface area contributed by atoms with Crippen LogP contribution < -0.4 is 5.76 Å². The summed E-state index contributed by atoms with van der Waals surface area (Å²) in [6.07, 6.45) is 5.61. The second-order valence-electron chi connectivity index (χ2n) is 8.44. The average molecular weight is 407 g/mol. The van der Waals surface area contributed by atoms with Gasteiger partial charge in [-0.3, -0.25) is 9.36 Å². The van der Waals surface area contributed by atoms with Crippen LogP contribution in [0.25, 0.3) is 11.1 Å². The summed E-state index contributed by atoms with van der Waals surface area (Å²) in [5.41, 5.74) is 4.10. The Hall–Kier alpha value is -2.82. The minimum atomic E-state index is -0.349. The van der Waals surface area contributed by atoms with E-state index in [0.29, 0.717) is 30.9 Å². The van der Waals surface area contributed by atoms with E-state index in [4.69, 9.17) is 4.42 Å². The monoisotopic (exact) mass is 406 g/mol. The van der Waals surface area contributed by atoms with Crippen LogP contribution in [0.5, 0.6) is 0 Å². The lowest BCUT2D eigenvalue weighted by atomic mass is 9.90. The molecule has 0 saturated carbocycles. The number of carbonyl (C=O) groups is 1. The highest BCUT2D eigenvalue weighted by molar-refractivity contribution is 5.76. The van der Waals surface area contributed by atoms with Crippen molar-refractivity contribution < 1.29 is 9.21 Å². The zero-order valence-corrected chi connectivity index (χ0v) is 17.7. The summed E-state index contributed by atoms with van der Waals surface area (Å²) in [6.45, 7) is 4.33. The first kappa shape index (κ1) is 20.5. The number of hydrogen-bond donors (Lipinski definition) is 0. The molecule has 0 unspecified atom stereocenters. The quantitative estimate of drug-likeness (QED) is 0.578. The summed E-state index contributed by atoms with van der Waals surface area (Å²) in [6, 6.07) is 16.2. The molecule has 0 bridgehead atoms. The van der Waals surface area contributed by atoms with Gasteiger partial charge in [0.25, 0.3) is 0 Å². The molecule has 0 N–H and O–H groups in total. The summed E-state index contributed by atoms with van der Waals surface area (Å²) in [7, 11) is 0. The Balaban J connectivity index is 1.20. The molecule has 3 aromatic rings. The van der Waals surface area contributed by atoms with Gasteiger partial charge in [0.2, 0.25) is 5.91 Å². The van der Waals surface area contributed by atoms with Gasteiger partial charge in [-0.25, -0.2) is 4.79 Å². The molecule has 1 aliphatic rings. The topological polar surface area (TPSA) is 55.5 Å². The third-order valence-corrected chi connectivity index (χ3v) is 6.28. The number of aryl methyl sites for hydroxylation is 3. The third-order valence-electron chi connectivity index (χ3n) is 6.28. The molecule has 5 heteroatoms. The Bertz CT molecular complexity index is 1040. The Morgan fingerprint density at radius 2 is 1.80 bits per heavy atom. The fourth-order valence-electron chi connectivity index (χ4n) is 4.37. The molecular formula is C25H30N2O3. The van der Waals surface area contributed by atoms with Crippen LogP contribution in [0.3, 0.4) is 0 Å². The molecule has 1 aliphatic heterocycles. The number of aromatic nitrogens is 1. The number of hydrogen-bond acceptors (Lipinski definition) is 3. The number of para-hydroxylation sites is 2. The number of nitrogens with zero attached hydrogens (tertiary/aromatic N) is 2. The number of oxazole rings is 1. The molecule has 4 rings (SSSR count). The molecule has 158 valence electrons. The van der Waals surface area contributed by atoms with Crippen molar-refractivity contribution in [3.63, 3.8) is 0 Å². The van der Waals surface area contributed by atoms with E-state index < -0.39 is 0 Å². The largest absolute Gasteiger partial charge is 0.419 e. The molecule has 0 atom stereocenters. The molecule has 2 heterocycles. The zero-order valence-electron chi connectivity index (χ0n) is 17.7. The van der Waals surface area contributed by atoms with Gasteiger partial charge in [-0.2, -0.15) is 0 Å². The highest BCUT2D eigenvalue weighted by atomic mass is 16.4. The first-order valence-electron chi connectivity index (χ1n) is 11.0. The van der Waals surface area contributed by atoms with Crippen LogP contribution in [0.4, 0.5) is 0 Å². The fourth-order valence-corrected chi connectivity index (χ4v) is 4.37. The molecule has 0 spiro atoms. The van der Waals surface area contributed by atoms with Crippen molar-refractivity contribution >= 4 is 17.0 Å². The minimum absolute atomic E-state index is 0.202. The Labute approximate surface area is 177 Å². The predicted molar refractivity (Wildman–Crippen MR) is 119 cm³/mol. The number of amides is 1. The van der Waals surface area contributed by atoms with Gasteiger partial charge in [0.15, 0.2) is 5.58 Å². The van der Waals surface area contributed by atoms with E-state index in [1.807, 2.05) is 23.1 Å². The van der Waals surface area contributed by atoms with E-state index in [9.17, 15) is 9.59 Å². The lowest BCUT2D eigenvalue weighted by Gasteiger charge is -2.32. The highest BCUT2D eigenvalue weighted by Crippen LogP contribution is 2.23. The Morgan fingerprint density at radius 3 is 2.57 bits per heavy atom. The summed E-state index contributed by atoms with van der Waals surface area (Å²) in [5.74, 6) is 0.553. The second-order valence-corrected chi connectivity index (χ2v) is 8.44. The normalized spacial score (nSPS) is 15.0. The van der Waals surface area contributed by atoms with E-state index >= 15 is 0 Å². The standard InChI is InChI=1S/C25H30N2O3/c1-19-8-10-20(11-9-19)12-13-21-14-17-26(18-15-21)24(28)7-4-16-27-22-5-2-3-6-23(22)30-25(27)29/h2-3,5-6,8-11,21H,4,7,12-18H2,1H3. The highest BCUT2D eigenvalue weighted by Gasteiger charge is 2.22. The lowest BCUT2D eigenvalue weighted by molar-refractivity contribution is -0.132. The van der Waals surface area contributed by atoms with Crippen LogP contribution in [0.15, 0.2) is 57.7 Å². The van der Waals surface area contributed by atoms with Crippen LogP contribution in [0, 0.1) is 12.8 Å². The van der Waals surface area contributed by atoms with Crippen LogP contribution in [0.2, 0.25) is 0 Å². The first-order valence-corrected chi connectivity index (χ1v) is 11.0. The van der Waals surface area contributed by atoms with Crippen LogP contribution >= 0.6 is 0 Å². The molecule has 0 radical (unpaired) electrons. The maximum Gasteiger partial charge on any atom is 0.419 e. The molecule has 1 fully saturated rings. The summed E-state index contributed by atoms with van der Waals surface area (Å²) in [4.78, 5) is 26.6. The summed E-state index contributed by atoms with van der Waals surface area (Å²) >= 11 is 0. The maximum absolute atomic E-state index is 12.6. The minimum Gasteiger partial charge on any atom is -0.408 e. The van der Waals surface area contributed by atoms with Gasteiger partial charge in [-0.1, -0.05) is 42.0 Å². The number of piperidine rings is 1. The van der Waals surface area contributed by atoms with Crippen molar-refractivity contribution in [1.82, 2.24) is 9.47 Å². The average Bonchev–Trinajstić information content (AvgIpc) is 3.09. The van der Waals surface area contributed by atoms with Crippen molar-refractivity contribution in [2.24, 2.45) is 5.92 Å². The van der Waals surface area contributed by atoms with E-state index in [2.05, 4.69) is 31.2 Å². The lowest BCUT2D eigenvalue weighted by Crippen LogP contribution is -2.38. The smallest absolute Gasteiger partial charge is 0.408 e. The van der Waals surface area contributed by atoms with Crippen LogP contribution in [0.1, 0.15) is 43.2 Å². The van der Waals surface area contributed by atoms with Gasteiger partial charge in [0.05, 0.1) is 5.52 Å². The van der Waals surface area contributed by atoms with Crippen LogP contribution in [-0.2, 0) is 17.8 Å². The van der Waals surface area contributed by atoms with Gasteiger partial charge >= 0.3 is 5.76 Å². The fraction of sp³-hybridized carbons (Fsp3) is 0.440. The first-order chi connectivity index (χ1) is 14.6. The molecule has 0 aliphatic carbocycles. The maximum atomic E-state index is 12.6. The molecule has 2 aromatic carbocycles. The van der Waals surface area contributed by atoms with Gasteiger partial charge in [-0.15, -0.1) is 0 Å². The number of rotatable bonds is 7. The van der Waals surface area contributed by atoms with Crippen molar-refractivity contribution in [3.8, 4) is 0 Å².